The van der Waals surface area contributed by atoms with Gasteiger partial charge in [0.25, 0.3) is 5.91 Å². The van der Waals surface area contributed by atoms with Gasteiger partial charge in [-0.1, -0.05) is 6.92 Å². The summed E-state index contributed by atoms with van der Waals surface area (Å²) in [4.78, 5) is 30.3. The molecule has 0 bridgehead atoms. The van der Waals surface area contributed by atoms with Crippen LogP contribution in [0.4, 0.5) is 5.69 Å². The zero-order chi connectivity index (χ0) is 30.7. The van der Waals surface area contributed by atoms with E-state index < -0.39 is 22.2 Å². The number of hydrogen-bond acceptors (Lipinski definition) is 8. The molecule has 2 amide bonds. The second-order valence-corrected chi connectivity index (χ2v) is 13.6. The van der Waals surface area contributed by atoms with Crippen LogP contribution in [0.5, 0.6) is 5.75 Å². The van der Waals surface area contributed by atoms with Crippen molar-refractivity contribution < 1.29 is 32.6 Å². The maximum Gasteiger partial charge on any atom is 0.258 e. The number of aliphatic hydroxyl groups is 1. The second kappa shape index (κ2) is 16.4. The van der Waals surface area contributed by atoms with Gasteiger partial charge >= 0.3 is 0 Å². The first kappa shape index (κ1) is 34.9. The number of nitrogens with zero attached hydrogens (tertiary/aromatic N) is 3. The van der Waals surface area contributed by atoms with Crippen molar-refractivity contribution in [3.63, 3.8) is 0 Å². The summed E-state index contributed by atoms with van der Waals surface area (Å²) in [5.41, 5.74) is 0.781. The third-order valence-electron chi connectivity index (χ3n) is 7.35. The molecule has 41 heavy (non-hydrogen) atoms. The van der Waals surface area contributed by atoms with Gasteiger partial charge in [0.1, 0.15) is 5.75 Å². The Balaban J connectivity index is 2.43. The number of carbonyl (C=O) groups is 2. The summed E-state index contributed by atoms with van der Waals surface area (Å²) >= 11 is 0. The SMILES string of the molecule is C[C@@H]1CCCCO[C@H](CN(C)S(C)(=O)=O)[C@@H](C)CN([C@H](C)CO)C(=O)c2cc(NC(=O)CCCN(C)C)ccc2O1. The van der Waals surface area contributed by atoms with Crippen LogP contribution in [0.25, 0.3) is 0 Å². The topological polar surface area (TPSA) is 129 Å². The Morgan fingerprint density at radius 3 is 2.56 bits per heavy atom. The van der Waals surface area contributed by atoms with Crippen molar-refractivity contribution in [1.82, 2.24) is 14.1 Å². The molecular formula is C29H50N4O7S. The number of aliphatic hydroxyl groups excluding tert-OH is 1. The maximum absolute atomic E-state index is 14.1. The number of rotatable bonds is 10. The number of hydrogen-bond donors (Lipinski definition) is 2. The first-order valence-corrected chi connectivity index (χ1v) is 16.3. The Morgan fingerprint density at radius 1 is 1.22 bits per heavy atom. The number of likely N-dealkylation sites (N-methyl/N-ethyl adjacent to an activating group) is 1. The normalized spacial score (nSPS) is 22.1. The van der Waals surface area contributed by atoms with E-state index in [4.69, 9.17) is 9.47 Å². The molecule has 1 aliphatic heterocycles. The molecule has 4 atom stereocenters. The van der Waals surface area contributed by atoms with Gasteiger partial charge in [-0.25, -0.2) is 12.7 Å². The van der Waals surface area contributed by atoms with Crippen molar-refractivity contribution in [2.75, 3.05) is 65.6 Å². The van der Waals surface area contributed by atoms with E-state index >= 15 is 0 Å². The molecule has 0 saturated heterocycles. The molecule has 0 fully saturated rings. The highest BCUT2D eigenvalue weighted by Gasteiger charge is 2.31. The predicted octanol–water partition coefficient (Wildman–Crippen LogP) is 2.65. The molecule has 0 spiro atoms. The van der Waals surface area contributed by atoms with Gasteiger partial charge < -0.3 is 29.7 Å². The van der Waals surface area contributed by atoms with Gasteiger partial charge in [0.2, 0.25) is 15.9 Å². The van der Waals surface area contributed by atoms with E-state index in [2.05, 4.69) is 5.32 Å². The van der Waals surface area contributed by atoms with E-state index in [1.807, 2.05) is 32.8 Å². The van der Waals surface area contributed by atoms with Gasteiger partial charge in [-0.3, -0.25) is 9.59 Å². The molecule has 2 rings (SSSR count). The number of anilines is 1. The average molecular weight is 599 g/mol. The van der Waals surface area contributed by atoms with Gasteiger partial charge in [0, 0.05) is 44.8 Å². The molecule has 1 aromatic rings. The second-order valence-electron chi connectivity index (χ2n) is 11.5. The molecule has 1 heterocycles. The molecule has 0 radical (unpaired) electrons. The molecule has 1 aromatic carbocycles. The van der Waals surface area contributed by atoms with Gasteiger partial charge in [-0.15, -0.1) is 0 Å². The van der Waals surface area contributed by atoms with E-state index in [0.717, 1.165) is 32.1 Å². The highest BCUT2D eigenvalue weighted by molar-refractivity contribution is 7.88. The standard InChI is InChI=1S/C29H50N4O7S/c1-21-18-33(22(2)20-34)29(36)25-17-24(30-28(35)12-10-15-31(4)5)13-14-26(25)40-23(3)11-8-9-16-39-27(21)19-32(6)41(7,37)38/h13-14,17,21-23,27,34H,8-12,15-16,18-20H2,1-7H3,(H,30,35)/t21-,22+,23+,27+/m0/s1. The molecule has 0 unspecified atom stereocenters. The first-order valence-electron chi connectivity index (χ1n) is 14.4. The van der Waals surface area contributed by atoms with E-state index in [9.17, 15) is 23.1 Å². The van der Waals surface area contributed by atoms with Crippen molar-refractivity contribution in [1.29, 1.82) is 0 Å². The zero-order valence-corrected chi connectivity index (χ0v) is 26.6. The van der Waals surface area contributed by atoms with Gasteiger partial charge in [-0.2, -0.15) is 0 Å². The van der Waals surface area contributed by atoms with E-state index in [1.165, 1.54) is 11.4 Å². The van der Waals surface area contributed by atoms with Crippen LogP contribution < -0.4 is 10.1 Å². The lowest BCUT2D eigenvalue weighted by Crippen LogP contribution is -2.47. The quantitative estimate of drug-likeness (QED) is 0.421. The lowest BCUT2D eigenvalue weighted by atomic mass is 10.0. The van der Waals surface area contributed by atoms with Crippen LogP contribution in [0.15, 0.2) is 18.2 Å². The third-order valence-corrected chi connectivity index (χ3v) is 8.63. The number of carbonyl (C=O) groups excluding carboxylic acids is 2. The van der Waals surface area contributed by atoms with E-state index in [0.29, 0.717) is 36.4 Å². The summed E-state index contributed by atoms with van der Waals surface area (Å²) < 4.78 is 37.9. The Bertz CT molecular complexity index is 1100. The largest absolute Gasteiger partial charge is 0.490 e. The van der Waals surface area contributed by atoms with Crippen LogP contribution in [0.3, 0.4) is 0 Å². The van der Waals surface area contributed by atoms with Crippen molar-refractivity contribution in [3.05, 3.63) is 23.8 Å². The fraction of sp³-hybridized carbons (Fsp3) is 0.724. The fourth-order valence-corrected chi connectivity index (χ4v) is 5.05. The van der Waals surface area contributed by atoms with E-state index in [1.54, 1.807) is 30.0 Å². The number of amides is 2. The number of fused-ring (bicyclic) bond motifs is 1. The minimum absolute atomic E-state index is 0.140. The third kappa shape index (κ3) is 11.5. The highest BCUT2D eigenvalue weighted by atomic mass is 32.2. The monoisotopic (exact) mass is 598 g/mol. The molecule has 1 aliphatic rings. The molecule has 12 heteroatoms. The van der Waals surface area contributed by atoms with Crippen LogP contribution in [0.1, 0.15) is 63.2 Å². The molecule has 2 N–H and O–H groups in total. The minimum atomic E-state index is -3.42. The lowest BCUT2D eigenvalue weighted by Gasteiger charge is -2.35. The van der Waals surface area contributed by atoms with E-state index in [-0.39, 0.29) is 43.5 Å². The summed E-state index contributed by atoms with van der Waals surface area (Å²) in [7, 11) is 2.00. The van der Waals surface area contributed by atoms with Gasteiger partial charge in [0.05, 0.1) is 36.7 Å². The Morgan fingerprint density at radius 2 is 1.93 bits per heavy atom. The predicted molar refractivity (Wildman–Crippen MR) is 161 cm³/mol. The van der Waals surface area contributed by atoms with Gasteiger partial charge in [0.15, 0.2) is 0 Å². The fourth-order valence-electron chi connectivity index (χ4n) is 4.63. The highest BCUT2D eigenvalue weighted by Crippen LogP contribution is 2.28. The minimum Gasteiger partial charge on any atom is -0.490 e. The number of ether oxygens (including phenoxy) is 2. The molecule has 0 aliphatic carbocycles. The van der Waals surface area contributed by atoms with Gasteiger partial charge in [-0.05, 0) is 78.4 Å². The Kier molecular flexibility index (Phi) is 14.0. The van der Waals surface area contributed by atoms with Crippen LogP contribution in [-0.2, 0) is 19.6 Å². The zero-order valence-electron chi connectivity index (χ0n) is 25.8. The molecule has 0 aromatic heterocycles. The summed E-state index contributed by atoms with van der Waals surface area (Å²) in [5.74, 6) is -0.323. The van der Waals surface area contributed by atoms with Crippen LogP contribution in [-0.4, -0.2) is 118 Å². The summed E-state index contributed by atoms with van der Waals surface area (Å²) in [6.07, 6.45) is 3.93. The lowest BCUT2D eigenvalue weighted by molar-refractivity contribution is -0.116. The number of benzene rings is 1. The summed E-state index contributed by atoms with van der Waals surface area (Å²) in [6, 6.07) is 4.55. The smallest absolute Gasteiger partial charge is 0.258 e. The number of nitrogens with one attached hydrogen (secondary N) is 1. The molecule has 11 nitrogen and oxygen atoms in total. The van der Waals surface area contributed by atoms with Crippen molar-refractivity contribution in [2.24, 2.45) is 5.92 Å². The van der Waals surface area contributed by atoms with Crippen LogP contribution in [0.2, 0.25) is 0 Å². The molecule has 0 saturated carbocycles. The number of sulfonamides is 1. The van der Waals surface area contributed by atoms with Crippen LogP contribution in [0, 0.1) is 5.92 Å². The molecule has 234 valence electrons. The van der Waals surface area contributed by atoms with Crippen molar-refractivity contribution >= 4 is 27.5 Å². The molecular weight excluding hydrogens is 548 g/mol. The Hall–Kier alpha value is -2.25. The van der Waals surface area contributed by atoms with Crippen LogP contribution >= 0.6 is 0 Å². The Labute approximate surface area is 246 Å². The summed E-state index contributed by atoms with van der Waals surface area (Å²) in [5, 5.41) is 13.0. The first-order chi connectivity index (χ1) is 19.2. The summed E-state index contributed by atoms with van der Waals surface area (Å²) in [6.45, 7) is 6.97. The maximum atomic E-state index is 14.1. The average Bonchev–Trinajstić information content (AvgIpc) is 2.89. The van der Waals surface area contributed by atoms with Crippen molar-refractivity contribution in [3.8, 4) is 5.75 Å². The van der Waals surface area contributed by atoms with Crippen molar-refractivity contribution in [2.45, 2.75) is 71.1 Å².